The van der Waals surface area contributed by atoms with Gasteiger partial charge in [0, 0.05) is 56.9 Å². The molecule has 0 aliphatic carbocycles. The molecule has 0 heterocycles. The fourth-order valence-electron chi connectivity index (χ4n) is 1.34. The molecule has 2 heteroatoms. The Morgan fingerprint density at radius 2 is 1.29 bits per heavy atom. The topological polar surface area (TPSA) is 20.2 Å². The number of phenols is 1. The van der Waals surface area contributed by atoms with E-state index < -0.39 is 0 Å². The van der Waals surface area contributed by atoms with Gasteiger partial charge in [-0.2, -0.15) is 0 Å². The van der Waals surface area contributed by atoms with Crippen molar-refractivity contribution in [1.29, 1.82) is 0 Å². The molecule has 2 aromatic rings. The van der Waals surface area contributed by atoms with E-state index in [1.165, 1.54) is 0 Å². The fourth-order valence-corrected chi connectivity index (χ4v) is 1.34. The first-order valence-corrected chi connectivity index (χ1v) is 4.21. The summed E-state index contributed by atoms with van der Waals surface area (Å²) in [5.41, 5.74) is 1.92. The first kappa shape index (κ1) is 11.9. The molecule has 1 nitrogen and oxygen atoms in total. The molecule has 0 bridgehead atoms. The predicted molar refractivity (Wildman–Crippen MR) is 59.3 cm³/mol. The zero-order valence-electron chi connectivity index (χ0n) is 8.14. The molecule has 0 spiro atoms. The van der Waals surface area contributed by atoms with Crippen LogP contribution in [0.4, 0.5) is 0 Å². The van der Waals surface area contributed by atoms with Gasteiger partial charge in [0.1, 0.15) is 5.75 Å². The Morgan fingerprint density at radius 3 is 1.93 bits per heavy atom. The summed E-state index contributed by atoms with van der Waals surface area (Å²) in [6, 6.07) is 17.2. The van der Waals surface area contributed by atoms with Crippen molar-refractivity contribution in [3.8, 4) is 16.9 Å². The van der Waals surface area contributed by atoms with Gasteiger partial charge in [0.05, 0.1) is 0 Å². The molecule has 2 aromatic carbocycles. The van der Waals surface area contributed by atoms with Crippen molar-refractivity contribution in [1.82, 2.24) is 0 Å². The first-order valence-electron chi connectivity index (χ1n) is 4.21. The third-order valence-corrected chi connectivity index (χ3v) is 1.99. The van der Waals surface area contributed by atoms with E-state index >= 15 is 0 Å². The van der Waals surface area contributed by atoms with Gasteiger partial charge in [-0.15, -0.1) is 0 Å². The third kappa shape index (κ3) is 2.68. The Balaban J connectivity index is 0.000000980. The molecule has 2 rings (SSSR count). The van der Waals surface area contributed by atoms with Gasteiger partial charge in [-0.1, -0.05) is 48.5 Å². The largest absolute Gasteiger partial charge is 0.507 e. The van der Waals surface area contributed by atoms with Crippen molar-refractivity contribution in [3.05, 3.63) is 54.6 Å². The van der Waals surface area contributed by atoms with Crippen LogP contribution in [-0.2, 0) is 0 Å². The summed E-state index contributed by atoms with van der Waals surface area (Å²) in [4.78, 5) is 0. The minimum Gasteiger partial charge on any atom is -0.507 e. The molecular weight excluding hydrogens is 199 g/mol. The van der Waals surface area contributed by atoms with Crippen LogP contribution >= 0.6 is 0 Å². The Hall–Kier alpha value is -0.124. The number of rotatable bonds is 1. The van der Waals surface area contributed by atoms with Crippen LogP contribution in [0.3, 0.4) is 0 Å². The van der Waals surface area contributed by atoms with Crippen LogP contribution in [0.5, 0.6) is 5.75 Å². The first-order chi connectivity index (χ1) is 6.38. The SMILES string of the molecule is Oc1ccccc1-c1ccccc1.[K]. The van der Waals surface area contributed by atoms with Gasteiger partial charge in [0.2, 0.25) is 0 Å². The van der Waals surface area contributed by atoms with Crippen LogP contribution in [0.2, 0.25) is 0 Å². The fraction of sp³-hybridized carbons (Fsp3) is 0. The van der Waals surface area contributed by atoms with Crippen LogP contribution in [0, 0.1) is 0 Å². The normalized spacial score (nSPS) is 9.14. The zero-order chi connectivity index (χ0) is 9.10. The maximum Gasteiger partial charge on any atom is 0.123 e. The Labute approximate surface area is 126 Å². The number of hydrogen-bond acceptors (Lipinski definition) is 1. The second-order valence-corrected chi connectivity index (χ2v) is 2.88. The molecule has 0 fully saturated rings. The van der Waals surface area contributed by atoms with E-state index in [1.54, 1.807) is 6.07 Å². The van der Waals surface area contributed by atoms with Crippen LogP contribution in [-0.4, -0.2) is 56.5 Å². The van der Waals surface area contributed by atoms with Crippen molar-refractivity contribution in [2.45, 2.75) is 0 Å². The van der Waals surface area contributed by atoms with Crippen molar-refractivity contribution in [2.24, 2.45) is 0 Å². The minimum absolute atomic E-state index is 0. The molecule has 1 radical (unpaired) electrons. The van der Waals surface area contributed by atoms with Crippen molar-refractivity contribution in [3.63, 3.8) is 0 Å². The maximum absolute atomic E-state index is 9.56. The summed E-state index contributed by atoms with van der Waals surface area (Å²) in [5, 5.41) is 9.56. The van der Waals surface area contributed by atoms with Crippen molar-refractivity contribution >= 4 is 51.4 Å². The van der Waals surface area contributed by atoms with Gasteiger partial charge >= 0.3 is 0 Å². The molecule has 0 aliphatic heterocycles. The Morgan fingerprint density at radius 1 is 0.714 bits per heavy atom. The molecule has 14 heavy (non-hydrogen) atoms. The molecule has 65 valence electrons. The summed E-state index contributed by atoms with van der Waals surface area (Å²) in [6.45, 7) is 0. The molecule has 0 unspecified atom stereocenters. The maximum atomic E-state index is 9.56. The molecular formula is C12H10KO. The number of hydrogen-bond donors (Lipinski definition) is 1. The molecule has 0 saturated heterocycles. The quantitative estimate of drug-likeness (QED) is 0.716. The molecule has 0 aromatic heterocycles. The summed E-state index contributed by atoms with van der Waals surface area (Å²) < 4.78 is 0. The minimum atomic E-state index is 0. The van der Waals surface area contributed by atoms with Crippen molar-refractivity contribution < 1.29 is 5.11 Å². The average Bonchev–Trinajstić information content (AvgIpc) is 2.20. The summed E-state index contributed by atoms with van der Waals surface area (Å²) in [7, 11) is 0. The van der Waals surface area contributed by atoms with Crippen LogP contribution < -0.4 is 0 Å². The van der Waals surface area contributed by atoms with E-state index in [0.29, 0.717) is 5.75 Å². The van der Waals surface area contributed by atoms with E-state index in [4.69, 9.17) is 0 Å². The number of aromatic hydroxyl groups is 1. The van der Waals surface area contributed by atoms with E-state index in [-0.39, 0.29) is 51.4 Å². The smallest absolute Gasteiger partial charge is 0.123 e. The molecule has 0 saturated carbocycles. The molecule has 1 N–H and O–H groups in total. The second-order valence-electron chi connectivity index (χ2n) is 2.88. The Kier molecular flexibility index (Phi) is 4.85. The number of phenolic OH excluding ortho intramolecular Hbond substituents is 1. The monoisotopic (exact) mass is 209 g/mol. The molecule has 0 amide bonds. The van der Waals surface area contributed by atoms with E-state index in [2.05, 4.69) is 0 Å². The number of benzene rings is 2. The Bertz CT molecular complexity index is 398. The van der Waals surface area contributed by atoms with Crippen LogP contribution in [0.1, 0.15) is 0 Å². The van der Waals surface area contributed by atoms with Gasteiger partial charge in [-0.05, 0) is 11.6 Å². The third-order valence-electron chi connectivity index (χ3n) is 1.99. The summed E-state index contributed by atoms with van der Waals surface area (Å²) in [5.74, 6) is 0.328. The van der Waals surface area contributed by atoms with Gasteiger partial charge in [0.25, 0.3) is 0 Å². The summed E-state index contributed by atoms with van der Waals surface area (Å²) >= 11 is 0. The molecule has 0 atom stereocenters. The van der Waals surface area contributed by atoms with E-state index in [1.807, 2.05) is 48.5 Å². The van der Waals surface area contributed by atoms with Crippen molar-refractivity contribution in [2.75, 3.05) is 0 Å². The standard InChI is InChI=1S/C12H10O.K/c13-12-9-5-4-8-11(12)10-6-2-1-3-7-10;/h1-9,13H;. The van der Waals surface area contributed by atoms with Gasteiger partial charge in [0.15, 0.2) is 0 Å². The number of para-hydroxylation sites is 1. The average molecular weight is 209 g/mol. The zero-order valence-corrected chi connectivity index (χ0v) is 11.3. The second kappa shape index (κ2) is 5.68. The van der Waals surface area contributed by atoms with Gasteiger partial charge in [-0.25, -0.2) is 0 Å². The predicted octanol–water partition coefficient (Wildman–Crippen LogP) is 2.68. The van der Waals surface area contributed by atoms with E-state index in [9.17, 15) is 5.11 Å². The summed E-state index contributed by atoms with van der Waals surface area (Å²) in [6.07, 6.45) is 0. The van der Waals surface area contributed by atoms with E-state index in [0.717, 1.165) is 11.1 Å². The molecule has 0 aliphatic rings. The van der Waals surface area contributed by atoms with Gasteiger partial charge < -0.3 is 5.11 Å². The van der Waals surface area contributed by atoms with Gasteiger partial charge in [-0.3, -0.25) is 0 Å². The van der Waals surface area contributed by atoms with Crippen LogP contribution in [0.25, 0.3) is 11.1 Å². The van der Waals surface area contributed by atoms with Crippen LogP contribution in [0.15, 0.2) is 54.6 Å².